The van der Waals surface area contributed by atoms with Crippen molar-refractivity contribution in [1.29, 1.82) is 0 Å². The van der Waals surface area contributed by atoms with Gasteiger partial charge in [0.1, 0.15) is 11.4 Å². The number of para-hydroxylation sites is 1. The maximum atomic E-state index is 13.4. The molecule has 8 nitrogen and oxygen atoms in total. The van der Waals surface area contributed by atoms with Gasteiger partial charge in [0.2, 0.25) is 0 Å². The largest absolute Gasteiger partial charge is 0.376 e. The summed E-state index contributed by atoms with van der Waals surface area (Å²) in [5.41, 5.74) is 5.63. The Morgan fingerprint density at radius 2 is 1.75 bits per heavy atom. The van der Waals surface area contributed by atoms with Crippen molar-refractivity contribution in [1.82, 2.24) is 24.8 Å². The summed E-state index contributed by atoms with van der Waals surface area (Å²) in [4.78, 5) is 33.9. The molecule has 0 spiro atoms. The Kier molecular flexibility index (Phi) is 5.65. The van der Waals surface area contributed by atoms with Crippen molar-refractivity contribution in [3.8, 4) is 11.4 Å². The van der Waals surface area contributed by atoms with Crippen LogP contribution in [0.15, 0.2) is 71.7 Å². The van der Waals surface area contributed by atoms with E-state index in [2.05, 4.69) is 49.2 Å². The lowest BCUT2D eigenvalue weighted by atomic mass is 10.1. The lowest BCUT2D eigenvalue weighted by Gasteiger charge is -2.34. The number of fused-ring (bicyclic) bond motifs is 2. The van der Waals surface area contributed by atoms with E-state index in [-0.39, 0.29) is 11.6 Å². The monoisotopic (exact) mass is 479 g/mol. The van der Waals surface area contributed by atoms with Gasteiger partial charge in [-0.15, -0.1) is 0 Å². The number of pyridine rings is 2. The third kappa shape index (κ3) is 4.09. The van der Waals surface area contributed by atoms with E-state index in [1.54, 1.807) is 6.20 Å². The summed E-state index contributed by atoms with van der Waals surface area (Å²) in [5, 5.41) is 4.49. The molecule has 1 atom stereocenters. The molecule has 0 amide bonds. The molecule has 1 aliphatic rings. The predicted molar refractivity (Wildman–Crippen MR) is 146 cm³/mol. The van der Waals surface area contributed by atoms with Crippen LogP contribution in [0.25, 0.3) is 33.3 Å². The van der Waals surface area contributed by atoms with Gasteiger partial charge in [-0.1, -0.05) is 24.3 Å². The Bertz CT molecular complexity index is 1580. The van der Waals surface area contributed by atoms with Gasteiger partial charge >= 0.3 is 0 Å². The fourth-order valence-corrected chi connectivity index (χ4v) is 4.92. The van der Waals surface area contributed by atoms with E-state index < -0.39 is 0 Å². The number of piperazine rings is 1. The molecule has 1 aliphatic heterocycles. The van der Waals surface area contributed by atoms with Crippen LogP contribution in [-0.2, 0) is 0 Å². The molecule has 36 heavy (non-hydrogen) atoms. The minimum atomic E-state index is -0.192. The number of aromatic amines is 2. The van der Waals surface area contributed by atoms with Crippen molar-refractivity contribution >= 4 is 33.3 Å². The number of hydrogen-bond acceptors (Lipinski definition) is 6. The second kappa shape index (κ2) is 9.13. The first-order valence-electron chi connectivity index (χ1n) is 12.3. The maximum absolute atomic E-state index is 13.4. The van der Waals surface area contributed by atoms with Gasteiger partial charge in [-0.3, -0.25) is 9.78 Å². The smallest absolute Gasteiger partial charge is 0.261 e. The number of nitrogens with zero attached hydrogens (tertiary/aromatic N) is 4. The Labute approximate surface area is 209 Å². The molecule has 6 rings (SSSR count). The van der Waals surface area contributed by atoms with Crippen molar-refractivity contribution in [2.45, 2.75) is 13.0 Å². The van der Waals surface area contributed by atoms with E-state index in [4.69, 9.17) is 4.98 Å². The molecular formula is C28H29N7O. The SMILES string of the molecule is CC(Nc1c(-c2nc3ccc(N4CCN(C)CC4)cc3[nH]2)c(=O)[nH]c2ccccc12)c1ccccn1. The van der Waals surface area contributed by atoms with Gasteiger partial charge in [0.15, 0.2) is 0 Å². The molecule has 5 aromatic rings. The summed E-state index contributed by atoms with van der Waals surface area (Å²) in [6, 6.07) is 19.8. The van der Waals surface area contributed by atoms with Gasteiger partial charge in [-0.25, -0.2) is 4.98 Å². The molecule has 0 bridgehead atoms. The molecule has 8 heteroatoms. The molecule has 1 fully saturated rings. The van der Waals surface area contributed by atoms with Crippen molar-refractivity contribution < 1.29 is 0 Å². The van der Waals surface area contributed by atoms with Crippen LogP contribution in [0.1, 0.15) is 18.7 Å². The second-order valence-corrected chi connectivity index (χ2v) is 9.45. The fraction of sp³-hybridized carbons (Fsp3) is 0.250. The van der Waals surface area contributed by atoms with Crippen LogP contribution in [0.2, 0.25) is 0 Å². The molecule has 3 aromatic heterocycles. The number of rotatable bonds is 5. The van der Waals surface area contributed by atoms with E-state index in [0.717, 1.165) is 59.5 Å². The third-order valence-corrected chi connectivity index (χ3v) is 6.98. The summed E-state index contributed by atoms with van der Waals surface area (Å²) in [6.45, 7) is 6.12. The van der Waals surface area contributed by atoms with Gasteiger partial charge in [0.05, 0.1) is 34.0 Å². The zero-order valence-electron chi connectivity index (χ0n) is 20.5. The van der Waals surface area contributed by atoms with E-state index in [1.807, 2.05) is 55.5 Å². The highest BCUT2D eigenvalue weighted by atomic mass is 16.1. The normalized spacial score (nSPS) is 15.4. The van der Waals surface area contributed by atoms with Crippen LogP contribution in [0, 0.1) is 0 Å². The van der Waals surface area contributed by atoms with Crippen molar-refractivity contribution in [2.24, 2.45) is 0 Å². The predicted octanol–water partition coefficient (Wildman–Crippen LogP) is 4.39. The van der Waals surface area contributed by atoms with Crippen LogP contribution in [0.5, 0.6) is 0 Å². The molecule has 1 saturated heterocycles. The lowest BCUT2D eigenvalue weighted by Crippen LogP contribution is -2.44. The molecule has 1 unspecified atom stereocenters. The zero-order chi connectivity index (χ0) is 24.6. The van der Waals surface area contributed by atoms with E-state index in [0.29, 0.717) is 11.4 Å². The van der Waals surface area contributed by atoms with Gasteiger partial charge < -0.3 is 25.1 Å². The molecule has 4 heterocycles. The summed E-state index contributed by atoms with van der Waals surface area (Å²) in [7, 11) is 2.16. The second-order valence-electron chi connectivity index (χ2n) is 9.45. The van der Waals surface area contributed by atoms with Gasteiger partial charge in [0, 0.05) is 43.4 Å². The molecule has 0 saturated carbocycles. The number of nitrogens with one attached hydrogen (secondary N) is 3. The quantitative estimate of drug-likeness (QED) is 0.346. The summed E-state index contributed by atoms with van der Waals surface area (Å²) in [6.07, 6.45) is 1.78. The van der Waals surface area contributed by atoms with E-state index in [9.17, 15) is 4.79 Å². The topological polar surface area (TPSA) is 92.9 Å². The maximum Gasteiger partial charge on any atom is 0.261 e. The number of anilines is 2. The molecule has 2 aromatic carbocycles. The Balaban J connectivity index is 1.45. The molecule has 0 radical (unpaired) electrons. The molecule has 0 aliphatic carbocycles. The number of benzene rings is 2. The van der Waals surface area contributed by atoms with E-state index >= 15 is 0 Å². The molecule has 182 valence electrons. The minimum Gasteiger partial charge on any atom is -0.376 e. The standard InChI is InChI=1S/C28H29N7O/c1-18(21-8-5-6-12-29-21)30-26-20-7-3-4-9-22(20)33-28(36)25(26)27-31-23-11-10-19(17-24(23)32-27)35-15-13-34(2)14-16-35/h3-12,17-18H,13-16H2,1-2H3,(H,31,32)(H2,30,33,36). The van der Waals surface area contributed by atoms with Gasteiger partial charge in [0.25, 0.3) is 5.56 Å². The number of hydrogen-bond donors (Lipinski definition) is 3. The summed E-state index contributed by atoms with van der Waals surface area (Å²) >= 11 is 0. The van der Waals surface area contributed by atoms with Gasteiger partial charge in [-0.2, -0.15) is 0 Å². The first-order valence-corrected chi connectivity index (χ1v) is 12.3. The Morgan fingerprint density at radius 1 is 0.944 bits per heavy atom. The molecule has 3 N–H and O–H groups in total. The van der Waals surface area contributed by atoms with Gasteiger partial charge in [-0.05, 0) is 50.4 Å². The van der Waals surface area contributed by atoms with Crippen LogP contribution in [0.4, 0.5) is 11.4 Å². The van der Waals surface area contributed by atoms with Crippen LogP contribution >= 0.6 is 0 Å². The number of aromatic nitrogens is 4. The van der Waals surface area contributed by atoms with Crippen LogP contribution in [0.3, 0.4) is 0 Å². The average molecular weight is 480 g/mol. The highest BCUT2D eigenvalue weighted by Gasteiger charge is 2.21. The first kappa shape index (κ1) is 22.3. The number of H-pyrrole nitrogens is 2. The number of likely N-dealkylation sites (N-methyl/N-ethyl adjacent to an activating group) is 1. The van der Waals surface area contributed by atoms with Crippen molar-refractivity contribution in [3.05, 3.63) is 82.9 Å². The Hall–Kier alpha value is -4.17. The lowest BCUT2D eigenvalue weighted by molar-refractivity contribution is 0.313. The minimum absolute atomic E-state index is 0.108. The average Bonchev–Trinajstić information content (AvgIpc) is 3.32. The highest BCUT2D eigenvalue weighted by molar-refractivity contribution is 5.99. The van der Waals surface area contributed by atoms with Crippen molar-refractivity contribution in [3.63, 3.8) is 0 Å². The first-order chi connectivity index (χ1) is 17.6. The summed E-state index contributed by atoms with van der Waals surface area (Å²) < 4.78 is 0. The third-order valence-electron chi connectivity index (χ3n) is 6.98. The van der Waals surface area contributed by atoms with Crippen LogP contribution in [-0.4, -0.2) is 58.1 Å². The summed E-state index contributed by atoms with van der Waals surface area (Å²) in [5.74, 6) is 0.545. The fourth-order valence-electron chi connectivity index (χ4n) is 4.92. The van der Waals surface area contributed by atoms with E-state index in [1.165, 1.54) is 5.69 Å². The number of imidazole rings is 1. The Morgan fingerprint density at radius 3 is 2.56 bits per heavy atom. The van der Waals surface area contributed by atoms with Crippen LogP contribution < -0.4 is 15.8 Å². The highest BCUT2D eigenvalue weighted by Crippen LogP contribution is 2.33. The van der Waals surface area contributed by atoms with Crippen molar-refractivity contribution in [2.75, 3.05) is 43.4 Å². The molecular weight excluding hydrogens is 450 g/mol. The zero-order valence-corrected chi connectivity index (χ0v) is 20.5.